The Morgan fingerprint density at radius 3 is 2.23 bits per heavy atom. The summed E-state index contributed by atoms with van der Waals surface area (Å²) in [6.45, 7) is 13.3. The fraction of sp³-hybridized carbons (Fsp3) is 0.731. The van der Waals surface area contributed by atoms with Crippen LogP contribution in [0, 0.1) is 12.8 Å². The average Bonchev–Trinajstić information content (AvgIpc) is 3.22. The van der Waals surface area contributed by atoms with Gasteiger partial charge < -0.3 is 4.90 Å². The van der Waals surface area contributed by atoms with Crippen molar-refractivity contribution in [1.29, 1.82) is 0 Å². The number of piperazine rings is 1. The van der Waals surface area contributed by atoms with E-state index in [2.05, 4.69) is 59.7 Å². The molecule has 0 spiro atoms. The van der Waals surface area contributed by atoms with Gasteiger partial charge in [-0.2, -0.15) is 0 Å². The highest BCUT2D eigenvalue weighted by Gasteiger charge is 2.36. The molecule has 4 heteroatoms. The summed E-state index contributed by atoms with van der Waals surface area (Å²) in [6, 6.07) is 10.3. The normalized spacial score (nSPS) is 27.1. The molecule has 166 valence electrons. The second-order valence-corrected chi connectivity index (χ2v) is 10.2. The molecule has 1 aromatic rings. The number of piperidine rings is 1. The zero-order valence-corrected chi connectivity index (χ0v) is 19.4. The molecule has 30 heavy (non-hydrogen) atoms. The van der Waals surface area contributed by atoms with E-state index in [9.17, 15) is 4.79 Å². The Balaban J connectivity index is 1.26. The van der Waals surface area contributed by atoms with E-state index < -0.39 is 0 Å². The van der Waals surface area contributed by atoms with Crippen LogP contribution in [0.1, 0.15) is 69.4 Å². The van der Waals surface area contributed by atoms with Gasteiger partial charge in [-0.25, -0.2) is 0 Å². The van der Waals surface area contributed by atoms with Crippen LogP contribution in [0.5, 0.6) is 0 Å². The number of amides is 1. The Kier molecular flexibility index (Phi) is 7.15. The van der Waals surface area contributed by atoms with Crippen LogP contribution >= 0.6 is 0 Å². The van der Waals surface area contributed by atoms with Gasteiger partial charge in [-0.05, 0) is 63.9 Å². The van der Waals surface area contributed by atoms with Gasteiger partial charge >= 0.3 is 0 Å². The van der Waals surface area contributed by atoms with Crippen molar-refractivity contribution in [3.8, 4) is 0 Å². The minimum absolute atomic E-state index is 0.412. The standard InChI is InChI=1S/C26H41N3O/c1-20(2)27-15-17-28(18-16-27)25-6-4-5-24(25)19-26(30)29-13-11-23(12-14-29)22-9-7-21(3)8-10-22/h7-10,20,23-25H,4-6,11-19H2,1-3H3/t24-,25+/m1/s1. The van der Waals surface area contributed by atoms with Crippen LogP contribution in [0.15, 0.2) is 24.3 Å². The lowest BCUT2D eigenvalue weighted by Gasteiger charge is -2.42. The van der Waals surface area contributed by atoms with E-state index in [0.717, 1.165) is 32.4 Å². The summed E-state index contributed by atoms with van der Waals surface area (Å²) in [4.78, 5) is 20.6. The number of carbonyl (C=O) groups excluding carboxylic acids is 1. The molecule has 1 saturated carbocycles. The number of rotatable bonds is 5. The summed E-state index contributed by atoms with van der Waals surface area (Å²) < 4.78 is 0. The van der Waals surface area contributed by atoms with E-state index in [0.29, 0.717) is 29.8 Å². The number of likely N-dealkylation sites (tertiary alicyclic amines) is 1. The van der Waals surface area contributed by atoms with E-state index in [1.165, 1.54) is 56.6 Å². The molecule has 1 aromatic carbocycles. The van der Waals surface area contributed by atoms with Gasteiger partial charge in [-0.1, -0.05) is 36.2 Å². The van der Waals surface area contributed by atoms with E-state index >= 15 is 0 Å². The van der Waals surface area contributed by atoms with Gasteiger partial charge in [0.25, 0.3) is 0 Å². The van der Waals surface area contributed by atoms with Crippen molar-refractivity contribution in [3.05, 3.63) is 35.4 Å². The van der Waals surface area contributed by atoms with Crippen LogP contribution < -0.4 is 0 Å². The van der Waals surface area contributed by atoms with Crippen LogP contribution in [0.2, 0.25) is 0 Å². The Labute approximate surface area is 183 Å². The second kappa shape index (κ2) is 9.82. The van der Waals surface area contributed by atoms with Gasteiger partial charge in [0.15, 0.2) is 0 Å². The van der Waals surface area contributed by atoms with Crippen molar-refractivity contribution in [2.24, 2.45) is 5.92 Å². The highest BCUT2D eigenvalue weighted by Crippen LogP contribution is 2.35. The highest BCUT2D eigenvalue weighted by molar-refractivity contribution is 5.76. The smallest absolute Gasteiger partial charge is 0.222 e. The third-order valence-electron chi connectivity index (χ3n) is 8.00. The maximum absolute atomic E-state index is 13.1. The van der Waals surface area contributed by atoms with Crippen LogP contribution in [0.3, 0.4) is 0 Å². The molecule has 0 bridgehead atoms. The number of hydrogen-bond acceptors (Lipinski definition) is 3. The van der Waals surface area contributed by atoms with Crippen molar-refractivity contribution < 1.29 is 4.79 Å². The Hall–Kier alpha value is -1.39. The van der Waals surface area contributed by atoms with Crippen molar-refractivity contribution >= 4 is 5.91 Å². The predicted molar refractivity (Wildman–Crippen MR) is 124 cm³/mol. The molecule has 1 aliphatic carbocycles. The van der Waals surface area contributed by atoms with Gasteiger partial charge in [-0.3, -0.25) is 14.6 Å². The van der Waals surface area contributed by atoms with Gasteiger partial charge in [0, 0.05) is 57.8 Å². The zero-order valence-electron chi connectivity index (χ0n) is 19.4. The predicted octanol–water partition coefficient (Wildman–Crippen LogP) is 4.29. The molecule has 4 rings (SSSR count). The number of hydrogen-bond donors (Lipinski definition) is 0. The van der Waals surface area contributed by atoms with Gasteiger partial charge in [0.1, 0.15) is 0 Å². The Bertz CT molecular complexity index is 685. The number of nitrogens with zero attached hydrogens (tertiary/aromatic N) is 3. The molecule has 0 N–H and O–H groups in total. The minimum Gasteiger partial charge on any atom is -0.343 e. The van der Waals surface area contributed by atoms with Crippen LogP contribution in [0.4, 0.5) is 0 Å². The number of carbonyl (C=O) groups is 1. The van der Waals surface area contributed by atoms with E-state index in [-0.39, 0.29) is 0 Å². The maximum atomic E-state index is 13.1. The second-order valence-electron chi connectivity index (χ2n) is 10.2. The van der Waals surface area contributed by atoms with Crippen LogP contribution in [0.25, 0.3) is 0 Å². The SMILES string of the molecule is Cc1ccc(C2CCN(C(=O)C[C@H]3CCC[C@@H]3N3CCN(C(C)C)CC3)CC2)cc1. The largest absolute Gasteiger partial charge is 0.343 e. The summed E-state index contributed by atoms with van der Waals surface area (Å²) in [5.74, 6) is 1.60. The first-order valence-electron chi connectivity index (χ1n) is 12.3. The lowest BCUT2D eigenvalue weighted by atomic mass is 9.88. The van der Waals surface area contributed by atoms with Crippen molar-refractivity contribution in [1.82, 2.24) is 14.7 Å². The first-order valence-corrected chi connectivity index (χ1v) is 12.3. The van der Waals surface area contributed by atoms with Crippen molar-refractivity contribution in [3.63, 3.8) is 0 Å². The molecule has 1 amide bonds. The fourth-order valence-electron chi connectivity index (χ4n) is 5.98. The first-order chi connectivity index (χ1) is 14.5. The van der Waals surface area contributed by atoms with E-state index in [4.69, 9.17) is 0 Å². The average molecular weight is 412 g/mol. The van der Waals surface area contributed by atoms with E-state index in [1.807, 2.05) is 0 Å². The summed E-state index contributed by atoms with van der Waals surface area (Å²) in [5, 5.41) is 0. The third kappa shape index (κ3) is 5.08. The monoisotopic (exact) mass is 411 g/mol. The van der Waals surface area contributed by atoms with Crippen LogP contribution in [-0.4, -0.2) is 72.0 Å². The summed E-state index contributed by atoms with van der Waals surface area (Å²) in [6.07, 6.45) is 6.81. The molecule has 0 aromatic heterocycles. The van der Waals surface area contributed by atoms with E-state index in [1.54, 1.807) is 0 Å². The highest BCUT2D eigenvalue weighted by atomic mass is 16.2. The Morgan fingerprint density at radius 1 is 0.933 bits per heavy atom. The Morgan fingerprint density at radius 2 is 1.60 bits per heavy atom. The van der Waals surface area contributed by atoms with Crippen LogP contribution in [-0.2, 0) is 4.79 Å². The van der Waals surface area contributed by atoms with Gasteiger partial charge in [0.05, 0.1) is 0 Å². The fourth-order valence-corrected chi connectivity index (χ4v) is 5.98. The first kappa shape index (κ1) is 21.8. The van der Waals surface area contributed by atoms with Crippen molar-refractivity contribution in [2.45, 2.75) is 77.3 Å². The van der Waals surface area contributed by atoms with Gasteiger partial charge in [0.2, 0.25) is 5.91 Å². The molecule has 2 atom stereocenters. The van der Waals surface area contributed by atoms with Crippen molar-refractivity contribution in [2.75, 3.05) is 39.3 Å². The quantitative estimate of drug-likeness (QED) is 0.723. The molecule has 2 heterocycles. The molecule has 2 saturated heterocycles. The number of benzene rings is 1. The zero-order chi connectivity index (χ0) is 21.1. The molecule has 3 aliphatic rings. The van der Waals surface area contributed by atoms with Gasteiger partial charge in [-0.15, -0.1) is 0 Å². The third-order valence-corrected chi connectivity index (χ3v) is 8.00. The molecule has 0 radical (unpaired) electrons. The molecule has 2 aliphatic heterocycles. The molecular weight excluding hydrogens is 370 g/mol. The summed E-state index contributed by atoms with van der Waals surface area (Å²) >= 11 is 0. The molecule has 3 fully saturated rings. The topological polar surface area (TPSA) is 26.8 Å². The summed E-state index contributed by atoms with van der Waals surface area (Å²) in [7, 11) is 0. The summed E-state index contributed by atoms with van der Waals surface area (Å²) in [5.41, 5.74) is 2.77. The maximum Gasteiger partial charge on any atom is 0.222 e. The lowest BCUT2D eigenvalue weighted by molar-refractivity contribution is -0.133. The lowest BCUT2D eigenvalue weighted by Crippen LogP contribution is -2.53. The molecule has 0 unspecified atom stereocenters. The minimum atomic E-state index is 0.412. The molecule has 4 nitrogen and oxygen atoms in total. The number of aryl methyl sites for hydroxylation is 1. The molecular formula is C26H41N3O.